The number of nitrogens with one attached hydrogen (secondary N) is 1. The fraction of sp³-hybridized carbons (Fsp3) is 0.444. The highest BCUT2D eigenvalue weighted by atomic mass is 16.3. The van der Waals surface area contributed by atoms with Crippen LogP contribution in [0.15, 0.2) is 84.9 Å². The molecule has 0 radical (unpaired) electrons. The van der Waals surface area contributed by atoms with Gasteiger partial charge in [-0.05, 0) is 73.9 Å². The van der Waals surface area contributed by atoms with Crippen molar-refractivity contribution >= 4 is 22.6 Å². The Kier molecular flexibility index (Phi) is 10.6. The van der Waals surface area contributed by atoms with Gasteiger partial charge in [-0.3, -0.25) is 9.59 Å². The molecule has 6 nitrogen and oxygen atoms in total. The number of nitrogens with zero attached hydrogens (tertiary/aromatic N) is 1. The molecule has 1 unspecified atom stereocenters. The molecule has 0 bridgehead atoms. The first-order chi connectivity index (χ1) is 20.3. The monoisotopic (exact) mass is 569 g/mol. The molecule has 0 saturated heterocycles. The highest BCUT2D eigenvalue weighted by Crippen LogP contribution is 2.48. The number of hydrogen-bond acceptors (Lipinski definition) is 4. The van der Waals surface area contributed by atoms with Crippen molar-refractivity contribution < 1.29 is 14.7 Å². The zero-order chi connectivity index (χ0) is 30.2. The highest BCUT2D eigenvalue weighted by Gasteiger charge is 2.58. The third-order valence-electron chi connectivity index (χ3n) is 8.95. The van der Waals surface area contributed by atoms with Crippen molar-refractivity contribution in [2.24, 2.45) is 16.6 Å². The third kappa shape index (κ3) is 6.45. The van der Waals surface area contributed by atoms with Gasteiger partial charge in [0.15, 0.2) is 0 Å². The summed E-state index contributed by atoms with van der Waals surface area (Å²) >= 11 is 0. The van der Waals surface area contributed by atoms with E-state index in [1.807, 2.05) is 41.3 Å². The maximum absolute atomic E-state index is 14.4. The van der Waals surface area contributed by atoms with Gasteiger partial charge in [-0.25, -0.2) is 0 Å². The molecule has 4 rings (SSSR count). The number of benzene rings is 3. The largest absolute Gasteiger partial charge is 0.391 e. The molecule has 0 fully saturated rings. The molecule has 0 heterocycles. The Morgan fingerprint density at radius 1 is 1.00 bits per heavy atom. The smallest absolute Gasteiger partial charge is 0.231 e. The number of allylic oxidation sites excluding steroid dienone is 1. The SMILES string of the molecule is CCCN(CCC)C(=O)C1(CCCN[C@H](C)c2cccc3ccccc23)CC=C[C@](Cc2ccccc2)(C(N)=O)[C@@H]1O. The number of primary amides is 1. The van der Waals surface area contributed by atoms with Crippen LogP contribution in [0.5, 0.6) is 0 Å². The number of rotatable bonds is 14. The van der Waals surface area contributed by atoms with Gasteiger partial charge < -0.3 is 21.1 Å². The van der Waals surface area contributed by atoms with Crippen LogP contribution in [-0.4, -0.2) is 47.6 Å². The molecule has 3 aromatic carbocycles. The average molecular weight is 570 g/mol. The Labute approximate surface area is 251 Å². The molecule has 3 aromatic rings. The number of aliphatic hydroxyl groups is 1. The van der Waals surface area contributed by atoms with Gasteiger partial charge in [0, 0.05) is 19.1 Å². The summed E-state index contributed by atoms with van der Waals surface area (Å²) < 4.78 is 0. The molecule has 0 aromatic heterocycles. The van der Waals surface area contributed by atoms with E-state index in [0.29, 0.717) is 38.9 Å². The van der Waals surface area contributed by atoms with Gasteiger partial charge >= 0.3 is 0 Å². The number of aliphatic hydroxyl groups excluding tert-OH is 1. The maximum Gasteiger partial charge on any atom is 0.231 e. The first-order valence-electron chi connectivity index (χ1n) is 15.5. The minimum atomic E-state index is -1.37. The molecule has 6 heteroatoms. The summed E-state index contributed by atoms with van der Waals surface area (Å²) in [5.41, 5.74) is 5.68. The Balaban J connectivity index is 1.60. The molecule has 42 heavy (non-hydrogen) atoms. The van der Waals surface area contributed by atoms with E-state index in [1.54, 1.807) is 6.08 Å². The second kappa shape index (κ2) is 14.1. The van der Waals surface area contributed by atoms with Crippen LogP contribution >= 0.6 is 0 Å². The summed E-state index contributed by atoms with van der Waals surface area (Å²) in [6.45, 7) is 8.17. The first kappa shape index (κ1) is 31.5. The van der Waals surface area contributed by atoms with Crippen molar-refractivity contribution in [2.75, 3.05) is 19.6 Å². The van der Waals surface area contributed by atoms with Crippen molar-refractivity contribution in [3.8, 4) is 0 Å². The van der Waals surface area contributed by atoms with Crippen molar-refractivity contribution in [1.29, 1.82) is 0 Å². The van der Waals surface area contributed by atoms with Crippen LogP contribution in [0.2, 0.25) is 0 Å². The van der Waals surface area contributed by atoms with Gasteiger partial charge in [0.05, 0.1) is 16.9 Å². The Morgan fingerprint density at radius 3 is 2.36 bits per heavy atom. The predicted octanol–water partition coefficient (Wildman–Crippen LogP) is 5.94. The third-order valence-corrected chi connectivity index (χ3v) is 8.95. The second-order valence-corrected chi connectivity index (χ2v) is 11.9. The molecule has 0 aliphatic heterocycles. The molecule has 4 N–H and O–H groups in total. The molecule has 0 saturated carbocycles. The van der Waals surface area contributed by atoms with E-state index in [0.717, 1.165) is 18.4 Å². The van der Waals surface area contributed by atoms with Gasteiger partial charge in [0.1, 0.15) is 0 Å². The fourth-order valence-electron chi connectivity index (χ4n) is 6.75. The number of carbonyl (C=O) groups excluding carboxylic acids is 2. The summed E-state index contributed by atoms with van der Waals surface area (Å²) in [5.74, 6) is -0.684. The highest BCUT2D eigenvalue weighted by molar-refractivity contribution is 5.90. The van der Waals surface area contributed by atoms with Crippen LogP contribution < -0.4 is 11.1 Å². The zero-order valence-electron chi connectivity index (χ0n) is 25.4. The Hall–Kier alpha value is -3.48. The zero-order valence-corrected chi connectivity index (χ0v) is 25.4. The summed E-state index contributed by atoms with van der Waals surface area (Å²) in [4.78, 5) is 29.5. The summed E-state index contributed by atoms with van der Waals surface area (Å²) in [6, 6.07) is 24.5. The molecular weight excluding hydrogens is 522 g/mol. The number of carbonyl (C=O) groups is 2. The fourth-order valence-corrected chi connectivity index (χ4v) is 6.75. The first-order valence-corrected chi connectivity index (χ1v) is 15.5. The van der Waals surface area contributed by atoms with E-state index in [4.69, 9.17) is 5.73 Å². The van der Waals surface area contributed by atoms with Crippen LogP contribution in [-0.2, 0) is 16.0 Å². The maximum atomic E-state index is 14.4. The predicted molar refractivity (Wildman–Crippen MR) is 171 cm³/mol. The van der Waals surface area contributed by atoms with Crippen molar-refractivity contribution in [3.63, 3.8) is 0 Å². The van der Waals surface area contributed by atoms with E-state index in [2.05, 4.69) is 68.6 Å². The molecular formula is C36H47N3O3. The number of fused-ring (bicyclic) bond motifs is 1. The lowest BCUT2D eigenvalue weighted by Gasteiger charge is -2.49. The quantitative estimate of drug-likeness (QED) is 0.165. The van der Waals surface area contributed by atoms with Gasteiger partial charge in [0.2, 0.25) is 11.8 Å². The lowest BCUT2D eigenvalue weighted by Crippen LogP contribution is -2.61. The normalized spacial score (nSPS) is 22.6. The summed E-state index contributed by atoms with van der Waals surface area (Å²) in [5, 5.41) is 18.3. The van der Waals surface area contributed by atoms with E-state index >= 15 is 0 Å². The van der Waals surface area contributed by atoms with E-state index < -0.39 is 22.8 Å². The second-order valence-electron chi connectivity index (χ2n) is 11.9. The van der Waals surface area contributed by atoms with E-state index in [1.165, 1.54) is 16.3 Å². The van der Waals surface area contributed by atoms with Gasteiger partial charge in [-0.1, -0.05) is 98.8 Å². The van der Waals surface area contributed by atoms with Gasteiger partial charge in [-0.15, -0.1) is 0 Å². The minimum Gasteiger partial charge on any atom is -0.391 e. The number of nitrogens with two attached hydrogens (primary N) is 1. The average Bonchev–Trinajstić information content (AvgIpc) is 3.00. The number of amides is 2. The van der Waals surface area contributed by atoms with Crippen LogP contribution in [0.25, 0.3) is 10.8 Å². The molecule has 224 valence electrons. The van der Waals surface area contributed by atoms with Crippen molar-refractivity contribution in [3.05, 3.63) is 96.1 Å². The van der Waals surface area contributed by atoms with Crippen molar-refractivity contribution in [1.82, 2.24) is 10.2 Å². The standard InChI is InChI=1S/C36H47N3O3/c1-4-24-39(25-5-2)34(42)35(20-12-21-36(32(35)40,33(37)41)26-28-14-7-6-8-15-28)22-13-23-38-27(3)30-19-11-17-29-16-9-10-18-31(29)30/h6-12,14-19,21,27,32,38,40H,4-5,13,20,22-26H2,1-3H3,(H2,37,41)/t27-,32-,35?,36-/m1/s1. The molecule has 2 amide bonds. The summed E-state index contributed by atoms with van der Waals surface area (Å²) in [7, 11) is 0. The molecule has 1 aliphatic carbocycles. The van der Waals surface area contributed by atoms with E-state index in [-0.39, 0.29) is 18.4 Å². The Bertz CT molecular complexity index is 1360. The lowest BCUT2D eigenvalue weighted by atomic mass is 9.58. The topological polar surface area (TPSA) is 95.7 Å². The van der Waals surface area contributed by atoms with Gasteiger partial charge in [0.25, 0.3) is 0 Å². The number of hydrogen-bond donors (Lipinski definition) is 3. The lowest BCUT2D eigenvalue weighted by molar-refractivity contribution is -0.162. The van der Waals surface area contributed by atoms with Crippen molar-refractivity contribution in [2.45, 2.75) is 71.4 Å². The summed E-state index contributed by atoms with van der Waals surface area (Å²) in [6.07, 6.45) is 5.79. The Morgan fingerprint density at radius 2 is 1.67 bits per heavy atom. The van der Waals surface area contributed by atoms with Crippen LogP contribution in [0.3, 0.4) is 0 Å². The van der Waals surface area contributed by atoms with E-state index in [9.17, 15) is 14.7 Å². The van der Waals surface area contributed by atoms with Crippen LogP contribution in [0, 0.1) is 10.8 Å². The van der Waals surface area contributed by atoms with Gasteiger partial charge in [-0.2, -0.15) is 0 Å². The molecule has 1 aliphatic rings. The molecule has 0 spiro atoms. The van der Waals surface area contributed by atoms with Crippen LogP contribution in [0.4, 0.5) is 0 Å². The molecule has 4 atom stereocenters. The minimum absolute atomic E-state index is 0.0798. The van der Waals surface area contributed by atoms with Crippen LogP contribution in [0.1, 0.15) is 70.0 Å².